The summed E-state index contributed by atoms with van der Waals surface area (Å²) in [6, 6.07) is 9.87. The van der Waals surface area contributed by atoms with E-state index in [2.05, 4.69) is 27.4 Å². The minimum Gasteiger partial charge on any atom is -0.471 e. The Hall–Kier alpha value is -3.68. The first-order chi connectivity index (χ1) is 14.0. The van der Waals surface area contributed by atoms with Gasteiger partial charge in [-0.1, -0.05) is 19.1 Å². The zero-order valence-corrected chi connectivity index (χ0v) is 16.6. The third-order valence-electron chi connectivity index (χ3n) is 4.61. The lowest BCUT2D eigenvalue weighted by atomic mass is 10.2. The van der Waals surface area contributed by atoms with Crippen LogP contribution in [0.3, 0.4) is 0 Å². The lowest BCUT2D eigenvalue weighted by Gasteiger charge is -2.06. The molecule has 0 radical (unpaired) electrons. The smallest absolute Gasteiger partial charge is 0.261 e. The van der Waals surface area contributed by atoms with Gasteiger partial charge < -0.3 is 10.1 Å². The number of rotatable bonds is 6. The van der Waals surface area contributed by atoms with Crippen LogP contribution < -0.4 is 10.1 Å². The fourth-order valence-electron chi connectivity index (χ4n) is 3.09. The Bertz CT molecular complexity index is 1160. The van der Waals surface area contributed by atoms with Gasteiger partial charge in [0.1, 0.15) is 11.3 Å². The second-order valence-electron chi connectivity index (χ2n) is 6.83. The highest BCUT2D eigenvalue weighted by Crippen LogP contribution is 2.16. The van der Waals surface area contributed by atoms with Gasteiger partial charge in [0.05, 0.1) is 24.3 Å². The molecule has 148 valence electrons. The standard InChI is InChI=1S/C21H22N6O2/c1-4-16-5-7-18(8-6-16)29-13-26-12-17(10-22-26)25-21(28)19-11-23-27-15(3)9-14(2)24-20(19)27/h5-12H,4,13H2,1-3H3,(H,25,28). The molecule has 3 heterocycles. The Morgan fingerprint density at radius 3 is 2.69 bits per heavy atom. The third kappa shape index (κ3) is 3.96. The quantitative estimate of drug-likeness (QED) is 0.545. The summed E-state index contributed by atoms with van der Waals surface area (Å²) in [4.78, 5) is 17.1. The maximum atomic E-state index is 12.7. The van der Waals surface area contributed by atoms with Crippen molar-refractivity contribution in [1.29, 1.82) is 0 Å². The molecule has 0 aliphatic carbocycles. The van der Waals surface area contributed by atoms with Crippen LogP contribution >= 0.6 is 0 Å². The van der Waals surface area contributed by atoms with Crippen molar-refractivity contribution in [3.05, 3.63) is 71.4 Å². The number of ether oxygens (including phenoxy) is 1. The Labute approximate surface area is 168 Å². The lowest BCUT2D eigenvalue weighted by molar-refractivity contribution is 0.102. The molecule has 4 rings (SSSR count). The summed E-state index contributed by atoms with van der Waals surface area (Å²) in [6.07, 6.45) is 5.81. The van der Waals surface area contributed by atoms with Crippen LogP contribution in [0.5, 0.6) is 5.75 Å². The Balaban J connectivity index is 1.43. The molecule has 0 atom stereocenters. The molecular formula is C21H22N6O2. The Morgan fingerprint density at radius 1 is 1.14 bits per heavy atom. The molecular weight excluding hydrogens is 368 g/mol. The summed E-state index contributed by atoms with van der Waals surface area (Å²) in [5, 5.41) is 11.3. The first kappa shape index (κ1) is 18.7. The zero-order valence-electron chi connectivity index (χ0n) is 16.6. The van der Waals surface area contributed by atoms with Crippen LogP contribution in [0.2, 0.25) is 0 Å². The molecule has 1 aromatic carbocycles. The van der Waals surface area contributed by atoms with Gasteiger partial charge in [0.2, 0.25) is 0 Å². The number of aryl methyl sites for hydroxylation is 3. The van der Waals surface area contributed by atoms with E-state index in [0.717, 1.165) is 23.6 Å². The molecule has 0 saturated heterocycles. The van der Waals surface area contributed by atoms with E-state index >= 15 is 0 Å². The van der Waals surface area contributed by atoms with E-state index in [4.69, 9.17) is 4.74 Å². The summed E-state index contributed by atoms with van der Waals surface area (Å²) in [6.45, 7) is 6.18. The fourth-order valence-corrected chi connectivity index (χ4v) is 3.09. The molecule has 0 unspecified atom stereocenters. The number of aromatic nitrogens is 5. The predicted octanol–water partition coefficient (Wildman–Crippen LogP) is 3.39. The van der Waals surface area contributed by atoms with E-state index in [0.29, 0.717) is 16.9 Å². The Morgan fingerprint density at radius 2 is 1.93 bits per heavy atom. The van der Waals surface area contributed by atoms with Crippen molar-refractivity contribution in [2.24, 2.45) is 0 Å². The van der Waals surface area contributed by atoms with Crippen molar-refractivity contribution in [2.75, 3.05) is 5.32 Å². The highest BCUT2D eigenvalue weighted by Gasteiger charge is 2.16. The zero-order chi connectivity index (χ0) is 20.4. The van der Waals surface area contributed by atoms with E-state index in [9.17, 15) is 4.79 Å². The largest absolute Gasteiger partial charge is 0.471 e. The molecule has 8 heteroatoms. The molecule has 3 aromatic heterocycles. The van der Waals surface area contributed by atoms with Gasteiger partial charge in [0, 0.05) is 11.4 Å². The van der Waals surface area contributed by atoms with Crippen LogP contribution in [0, 0.1) is 13.8 Å². The highest BCUT2D eigenvalue weighted by atomic mass is 16.5. The van der Waals surface area contributed by atoms with Gasteiger partial charge in [0.15, 0.2) is 12.4 Å². The molecule has 29 heavy (non-hydrogen) atoms. The number of carbonyl (C=O) groups is 1. The maximum absolute atomic E-state index is 12.7. The monoisotopic (exact) mass is 390 g/mol. The minimum atomic E-state index is -0.284. The Kier molecular flexibility index (Phi) is 4.99. The van der Waals surface area contributed by atoms with Crippen molar-refractivity contribution in [2.45, 2.75) is 33.9 Å². The van der Waals surface area contributed by atoms with E-state index in [1.54, 1.807) is 21.6 Å². The van der Waals surface area contributed by atoms with Crippen molar-refractivity contribution in [1.82, 2.24) is 24.4 Å². The van der Waals surface area contributed by atoms with Crippen LogP contribution in [-0.4, -0.2) is 30.3 Å². The number of fused-ring (bicyclic) bond motifs is 1. The first-order valence-corrected chi connectivity index (χ1v) is 9.41. The van der Waals surface area contributed by atoms with Crippen molar-refractivity contribution < 1.29 is 9.53 Å². The van der Waals surface area contributed by atoms with Gasteiger partial charge in [-0.25, -0.2) is 14.2 Å². The molecule has 1 N–H and O–H groups in total. The van der Waals surface area contributed by atoms with Gasteiger partial charge in [-0.15, -0.1) is 0 Å². The van der Waals surface area contributed by atoms with Crippen molar-refractivity contribution >= 4 is 17.2 Å². The third-order valence-corrected chi connectivity index (χ3v) is 4.61. The average molecular weight is 390 g/mol. The number of amides is 1. The molecule has 4 aromatic rings. The predicted molar refractivity (Wildman–Crippen MR) is 109 cm³/mol. The summed E-state index contributed by atoms with van der Waals surface area (Å²) in [5.74, 6) is 0.486. The molecule has 8 nitrogen and oxygen atoms in total. The second-order valence-corrected chi connectivity index (χ2v) is 6.83. The summed E-state index contributed by atoms with van der Waals surface area (Å²) < 4.78 is 9.00. The number of nitrogens with one attached hydrogen (secondary N) is 1. The van der Waals surface area contributed by atoms with Gasteiger partial charge in [-0.3, -0.25) is 4.79 Å². The normalized spacial score (nSPS) is 11.0. The molecule has 0 spiro atoms. The second kappa shape index (κ2) is 7.75. The summed E-state index contributed by atoms with van der Waals surface area (Å²) in [7, 11) is 0. The number of anilines is 1. The lowest BCUT2D eigenvalue weighted by Crippen LogP contribution is -2.12. The number of hydrogen-bond acceptors (Lipinski definition) is 5. The summed E-state index contributed by atoms with van der Waals surface area (Å²) >= 11 is 0. The number of nitrogens with zero attached hydrogens (tertiary/aromatic N) is 5. The molecule has 1 amide bonds. The highest BCUT2D eigenvalue weighted by molar-refractivity contribution is 6.08. The molecule has 0 bridgehead atoms. The van der Waals surface area contributed by atoms with Crippen molar-refractivity contribution in [3.63, 3.8) is 0 Å². The van der Waals surface area contributed by atoms with Crippen molar-refractivity contribution in [3.8, 4) is 5.75 Å². The van der Waals surface area contributed by atoms with E-state index in [1.807, 2.05) is 44.2 Å². The number of benzene rings is 1. The summed E-state index contributed by atoms with van der Waals surface area (Å²) in [5.41, 5.74) is 4.53. The van der Waals surface area contributed by atoms with Crippen LogP contribution in [-0.2, 0) is 13.2 Å². The maximum Gasteiger partial charge on any atom is 0.261 e. The van der Waals surface area contributed by atoms with Gasteiger partial charge in [0.25, 0.3) is 5.91 Å². The van der Waals surface area contributed by atoms with Gasteiger partial charge in [-0.2, -0.15) is 10.2 Å². The van der Waals surface area contributed by atoms with Crippen LogP contribution in [0.4, 0.5) is 5.69 Å². The van der Waals surface area contributed by atoms with E-state index in [1.165, 1.54) is 11.8 Å². The molecule has 0 aliphatic heterocycles. The molecule has 0 fully saturated rings. The van der Waals surface area contributed by atoms with Crippen LogP contribution in [0.25, 0.3) is 5.65 Å². The minimum absolute atomic E-state index is 0.248. The van der Waals surface area contributed by atoms with E-state index < -0.39 is 0 Å². The van der Waals surface area contributed by atoms with Crippen LogP contribution in [0.15, 0.2) is 48.9 Å². The average Bonchev–Trinajstić information content (AvgIpc) is 3.33. The number of carbonyl (C=O) groups excluding carboxylic acids is 1. The fraction of sp³-hybridized carbons (Fsp3) is 0.238. The SMILES string of the molecule is CCc1ccc(OCn2cc(NC(=O)c3cnn4c(C)cc(C)nc34)cn2)cc1. The molecule has 0 saturated carbocycles. The molecule has 0 aliphatic rings. The van der Waals surface area contributed by atoms with Gasteiger partial charge >= 0.3 is 0 Å². The topological polar surface area (TPSA) is 86.3 Å². The first-order valence-electron chi connectivity index (χ1n) is 9.41. The van der Waals surface area contributed by atoms with Gasteiger partial charge in [-0.05, 0) is 44.0 Å². The number of hydrogen-bond donors (Lipinski definition) is 1. The van der Waals surface area contributed by atoms with Crippen LogP contribution in [0.1, 0.15) is 34.2 Å². The van der Waals surface area contributed by atoms with E-state index in [-0.39, 0.29) is 12.6 Å².